The number of nitrogens with one attached hydrogen (secondary N) is 1. The number of benzene rings is 1. The molecule has 4 nitrogen and oxygen atoms in total. The van der Waals surface area contributed by atoms with Gasteiger partial charge in [-0.2, -0.15) is 0 Å². The van der Waals surface area contributed by atoms with E-state index in [0.717, 1.165) is 12.1 Å². The number of aryl methyl sites for hydroxylation is 1. The second-order valence-corrected chi connectivity index (χ2v) is 6.56. The zero-order valence-corrected chi connectivity index (χ0v) is 13.6. The van der Waals surface area contributed by atoms with Crippen LogP contribution in [0.2, 0.25) is 0 Å². The normalized spacial score (nSPS) is 14.5. The molecule has 4 heteroatoms. The van der Waals surface area contributed by atoms with E-state index in [-0.39, 0.29) is 11.8 Å². The highest BCUT2D eigenvalue weighted by atomic mass is 16.4. The summed E-state index contributed by atoms with van der Waals surface area (Å²) < 4.78 is 0. The number of H-pyrrole nitrogens is 1. The summed E-state index contributed by atoms with van der Waals surface area (Å²) in [5, 5.41) is 9.68. The molecule has 0 saturated heterocycles. The first-order valence-electron chi connectivity index (χ1n) is 7.60. The third-order valence-electron chi connectivity index (χ3n) is 4.79. The van der Waals surface area contributed by atoms with Crippen molar-refractivity contribution in [1.82, 2.24) is 9.97 Å². The quantitative estimate of drug-likeness (QED) is 0.853. The van der Waals surface area contributed by atoms with E-state index in [4.69, 9.17) is 0 Å². The second kappa shape index (κ2) is 6.34. The maximum absolute atomic E-state index is 11.8. The SMILES string of the molecule is Cc1ccccc1CC([C@H](C)c1cnc[nH]1)C(C)(C)C(=O)O. The first kappa shape index (κ1) is 16.3. The molecule has 2 aromatic rings. The van der Waals surface area contributed by atoms with Crippen LogP contribution in [-0.4, -0.2) is 21.0 Å². The predicted molar refractivity (Wildman–Crippen MR) is 86.8 cm³/mol. The Morgan fingerprint density at radius 3 is 2.59 bits per heavy atom. The molecule has 22 heavy (non-hydrogen) atoms. The van der Waals surface area contributed by atoms with Crippen molar-refractivity contribution in [2.24, 2.45) is 11.3 Å². The number of hydrogen-bond acceptors (Lipinski definition) is 2. The van der Waals surface area contributed by atoms with Gasteiger partial charge in [-0.3, -0.25) is 4.79 Å². The molecule has 0 saturated carbocycles. The molecule has 0 radical (unpaired) electrons. The number of aromatic nitrogens is 2. The van der Waals surface area contributed by atoms with Gasteiger partial charge in [-0.15, -0.1) is 0 Å². The molecule has 0 aliphatic carbocycles. The Balaban J connectivity index is 2.38. The number of aliphatic carboxylic acids is 1. The maximum atomic E-state index is 11.8. The van der Waals surface area contributed by atoms with Gasteiger partial charge in [0.2, 0.25) is 0 Å². The van der Waals surface area contributed by atoms with E-state index in [1.54, 1.807) is 12.5 Å². The van der Waals surface area contributed by atoms with Crippen LogP contribution in [0.5, 0.6) is 0 Å². The van der Waals surface area contributed by atoms with E-state index in [2.05, 4.69) is 35.9 Å². The van der Waals surface area contributed by atoms with Crippen LogP contribution in [0, 0.1) is 18.3 Å². The number of rotatable bonds is 6. The van der Waals surface area contributed by atoms with Gasteiger partial charge in [0.05, 0.1) is 11.7 Å². The molecular formula is C18H24N2O2. The highest BCUT2D eigenvalue weighted by molar-refractivity contribution is 5.74. The van der Waals surface area contributed by atoms with Crippen LogP contribution in [0.1, 0.15) is 43.5 Å². The summed E-state index contributed by atoms with van der Waals surface area (Å²) in [6, 6.07) is 8.17. The summed E-state index contributed by atoms with van der Waals surface area (Å²) in [5.74, 6) is -0.725. The minimum Gasteiger partial charge on any atom is -0.481 e. The van der Waals surface area contributed by atoms with E-state index < -0.39 is 11.4 Å². The van der Waals surface area contributed by atoms with Gasteiger partial charge in [0, 0.05) is 17.8 Å². The molecule has 2 rings (SSSR count). The molecule has 118 valence electrons. The lowest BCUT2D eigenvalue weighted by Crippen LogP contribution is -2.37. The van der Waals surface area contributed by atoms with Crippen LogP contribution in [0.3, 0.4) is 0 Å². The van der Waals surface area contributed by atoms with Crippen molar-refractivity contribution in [2.75, 3.05) is 0 Å². The molecule has 1 aromatic carbocycles. The summed E-state index contributed by atoms with van der Waals surface area (Å²) in [7, 11) is 0. The Labute approximate surface area is 131 Å². The fourth-order valence-electron chi connectivity index (χ4n) is 3.02. The number of carbonyl (C=O) groups is 1. The molecule has 1 aromatic heterocycles. The molecule has 0 aliphatic heterocycles. The minimum atomic E-state index is -0.827. The average Bonchev–Trinajstić information content (AvgIpc) is 2.99. The molecule has 1 heterocycles. The van der Waals surface area contributed by atoms with E-state index in [1.807, 2.05) is 26.0 Å². The Morgan fingerprint density at radius 2 is 2.05 bits per heavy atom. The molecule has 2 atom stereocenters. The van der Waals surface area contributed by atoms with Crippen molar-refractivity contribution in [3.05, 3.63) is 53.6 Å². The molecule has 0 spiro atoms. The van der Waals surface area contributed by atoms with Gasteiger partial charge in [0.1, 0.15) is 0 Å². The number of hydrogen-bond donors (Lipinski definition) is 2. The van der Waals surface area contributed by atoms with Gasteiger partial charge >= 0.3 is 5.97 Å². The Kier molecular flexibility index (Phi) is 4.69. The highest BCUT2D eigenvalue weighted by Crippen LogP contribution is 2.40. The van der Waals surface area contributed by atoms with Gasteiger partial charge < -0.3 is 10.1 Å². The largest absolute Gasteiger partial charge is 0.481 e. The molecule has 0 bridgehead atoms. The smallest absolute Gasteiger partial charge is 0.309 e. The third kappa shape index (κ3) is 3.21. The predicted octanol–water partition coefficient (Wildman–Crippen LogP) is 3.79. The summed E-state index contributed by atoms with van der Waals surface area (Å²) in [5.41, 5.74) is 2.55. The van der Waals surface area contributed by atoms with Crippen LogP contribution in [0.25, 0.3) is 0 Å². The summed E-state index contributed by atoms with van der Waals surface area (Å²) in [6.07, 6.45) is 4.16. The summed E-state index contributed by atoms with van der Waals surface area (Å²) in [6.45, 7) is 7.76. The Bertz CT molecular complexity index is 632. The molecule has 0 amide bonds. The molecule has 1 unspecified atom stereocenters. The van der Waals surface area contributed by atoms with Crippen LogP contribution >= 0.6 is 0 Å². The fraction of sp³-hybridized carbons (Fsp3) is 0.444. The molecule has 2 N–H and O–H groups in total. The van der Waals surface area contributed by atoms with Crippen LogP contribution in [-0.2, 0) is 11.2 Å². The summed E-state index contributed by atoms with van der Waals surface area (Å²) >= 11 is 0. The minimum absolute atomic E-state index is 0.0356. The lowest BCUT2D eigenvalue weighted by molar-refractivity contribution is -0.150. The number of carboxylic acid groups (broad SMARTS) is 1. The lowest BCUT2D eigenvalue weighted by atomic mass is 9.68. The average molecular weight is 300 g/mol. The van der Waals surface area contributed by atoms with Gasteiger partial charge in [0.25, 0.3) is 0 Å². The van der Waals surface area contributed by atoms with E-state index in [0.29, 0.717) is 0 Å². The van der Waals surface area contributed by atoms with E-state index in [9.17, 15) is 9.90 Å². The van der Waals surface area contributed by atoms with Crippen molar-refractivity contribution in [3.8, 4) is 0 Å². The monoisotopic (exact) mass is 300 g/mol. The zero-order chi connectivity index (χ0) is 16.3. The zero-order valence-electron chi connectivity index (χ0n) is 13.6. The second-order valence-electron chi connectivity index (χ2n) is 6.56. The van der Waals surface area contributed by atoms with Gasteiger partial charge in [-0.05, 0) is 44.2 Å². The van der Waals surface area contributed by atoms with Gasteiger partial charge in [-0.25, -0.2) is 4.98 Å². The van der Waals surface area contributed by atoms with Crippen molar-refractivity contribution in [1.29, 1.82) is 0 Å². The molecule has 0 aliphatic rings. The van der Waals surface area contributed by atoms with E-state index >= 15 is 0 Å². The number of nitrogens with zero attached hydrogens (tertiary/aromatic N) is 1. The van der Waals surface area contributed by atoms with Gasteiger partial charge in [-0.1, -0.05) is 31.2 Å². The van der Waals surface area contributed by atoms with Crippen LogP contribution in [0.4, 0.5) is 0 Å². The number of aromatic amines is 1. The summed E-state index contributed by atoms with van der Waals surface area (Å²) in [4.78, 5) is 19.0. The van der Waals surface area contributed by atoms with Crippen molar-refractivity contribution in [2.45, 2.75) is 40.0 Å². The Hall–Kier alpha value is -2.10. The maximum Gasteiger partial charge on any atom is 0.309 e. The first-order chi connectivity index (χ1) is 10.3. The number of imidazole rings is 1. The van der Waals surface area contributed by atoms with Crippen molar-refractivity contribution >= 4 is 5.97 Å². The van der Waals surface area contributed by atoms with Crippen molar-refractivity contribution in [3.63, 3.8) is 0 Å². The van der Waals surface area contributed by atoms with Crippen LogP contribution in [0.15, 0.2) is 36.8 Å². The molecule has 0 fully saturated rings. The van der Waals surface area contributed by atoms with Crippen molar-refractivity contribution < 1.29 is 9.90 Å². The Morgan fingerprint density at radius 1 is 1.36 bits per heavy atom. The van der Waals surface area contributed by atoms with Gasteiger partial charge in [0.15, 0.2) is 0 Å². The first-order valence-corrected chi connectivity index (χ1v) is 7.60. The number of carboxylic acids is 1. The lowest BCUT2D eigenvalue weighted by Gasteiger charge is -2.35. The van der Waals surface area contributed by atoms with Crippen LogP contribution < -0.4 is 0 Å². The molecular weight excluding hydrogens is 276 g/mol. The standard InChI is InChI=1S/C18H24N2O2/c1-12-7-5-6-8-14(12)9-15(18(3,4)17(21)22)13(2)16-10-19-11-20-16/h5-8,10-11,13,15H,9H2,1-4H3,(H,19,20)(H,21,22)/t13-,15?/m0/s1. The van der Waals surface area contributed by atoms with E-state index in [1.165, 1.54) is 11.1 Å². The third-order valence-corrected chi connectivity index (χ3v) is 4.79. The highest BCUT2D eigenvalue weighted by Gasteiger charge is 2.40. The fourth-order valence-corrected chi connectivity index (χ4v) is 3.02. The topological polar surface area (TPSA) is 66.0 Å².